The number of rotatable bonds is 4. The summed E-state index contributed by atoms with van der Waals surface area (Å²) in [5.41, 5.74) is 2.23. The number of benzene rings is 1. The van der Waals surface area contributed by atoms with Gasteiger partial charge in [-0.15, -0.1) is 11.8 Å². The van der Waals surface area contributed by atoms with Crippen molar-refractivity contribution in [3.05, 3.63) is 35.9 Å². The van der Waals surface area contributed by atoms with Gasteiger partial charge in [-0.3, -0.25) is 4.79 Å². The Kier molecular flexibility index (Phi) is 4.28. The first kappa shape index (κ1) is 15.2. The van der Waals surface area contributed by atoms with Gasteiger partial charge in [0.15, 0.2) is 0 Å². The molecule has 1 fully saturated rings. The van der Waals surface area contributed by atoms with Crippen LogP contribution >= 0.6 is 11.8 Å². The van der Waals surface area contributed by atoms with E-state index in [1.807, 2.05) is 30.5 Å². The molecule has 0 bridgehead atoms. The van der Waals surface area contributed by atoms with E-state index in [1.54, 1.807) is 11.8 Å². The summed E-state index contributed by atoms with van der Waals surface area (Å²) in [5, 5.41) is 3.04. The zero-order chi connectivity index (χ0) is 14.9. The third-order valence-corrected chi connectivity index (χ3v) is 4.81. The molecule has 1 aliphatic carbocycles. The number of anilines is 1. The number of amides is 1. The molecule has 0 spiro atoms. The van der Waals surface area contributed by atoms with Crippen LogP contribution in [0.15, 0.2) is 40.8 Å². The lowest BCUT2D eigenvalue weighted by atomic mass is 10.1. The molecule has 108 valence electrons. The van der Waals surface area contributed by atoms with Crippen LogP contribution in [0.3, 0.4) is 0 Å². The summed E-state index contributed by atoms with van der Waals surface area (Å²) in [6.45, 7) is 8.51. The second-order valence-corrected chi connectivity index (χ2v) is 7.17. The Morgan fingerprint density at radius 2 is 1.85 bits per heavy atom. The van der Waals surface area contributed by atoms with Crippen molar-refractivity contribution in [3.8, 4) is 0 Å². The first-order chi connectivity index (χ1) is 9.36. The quantitative estimate of drug-likeness (QED) is 0.649. The minimum absolute atomic E-state index is 0.0700. The number of hydrogen-bond donors (Lipinski definition) is 1. The number of nitrogens with one attached hydrogen (secondary N) is 1. The summed E-state index contributed by atoms with van der Waals surface area (Å²) in [6.07, 6.45) is 4.27. The van der Waals surface area contributed by atoms with Crippen molar-refractivity contribution < 1.29 is 4.79 Å². The number of hydrogen-bond acceptors (Lipinski definition) is 2. The lowest BCUT2D eigenvalue weighted by molar-refractivity contribution is -0.118. The van der Waals surface area contributed by atoms with Crippen LogP contribution < -0.4 is 5.32 Å². The fraction of sp³-hybridized carbons (Fsp3) is 0.471. The molecule has 0 aliphatic heterocycles. The highest BCUT2D eigenvalue weighted by Crippen LogP contribution is 2.59. The smallest absolute Gasteiger partial charge is 0.228 e. The monoisotopic (exact) mass is 289 g/mol. The van der Waals surface area contributed by atoms with E-state index in [9.17, 15) is 4.79 Å². The largest absolute Gasteiger partial charge is 0.326 e. The normalized spacial score (nSPS) is 23.1. The highest BCUT2D eigenvalue weighted by atomic mass is 32.2. The van der Waals surface area contributed by atoms with E-state index in [0.717, 1.165) is 5.69 Å². The molecule has 3 heteroatoms. The molecule has 1 aromatic rings. The predicted octanol–water partition coefficient (Wildman–Crippen LogP) is 4.59. The van der Waals surface area contributed by atoms with E-state index in [4.69, 9.17) is 0 Å². The van der Waals surface area contributed by atoms with Gasteiger partial charge in [-0.2, -0.15) is 0 Å². The van der Waals surface area contributed by atoms with Gasteiger partial charge < -0.3 is 5.32 Å². The van der Waals surface area contributed by atoms with Gasteiger partial charge in [0.25, 0.3) is 0 Å². The molecule has 1 N–H and O–H groups in total. The topological polar surface area (TPSA) is 29.1 Å². The van der Waals surface area contributed by atoms with Crippen molar-refractivity contribution in [2.75, 3.05) is 11.6 Å². The van der Waals surface area contributed by atoms with Crippen LogP contribution in [0.4, 0.5) is 5.69 Å². The van der Waals surface area contributed by atoms with E-state index < -0.39 is 0 Å². The highest BCUT2D eigenvalue weighted by Gasteiger charge is 2.60. The lowest BCUT2D eigenvalue weighted by Gasteiger charge is -2.06. The second-order valence-electron chi connectivity index (χ2n) is 6.29. The first-order valence-corrected chi connectivity index (χ1v) is 8.18. The number of carbonyl (C=O) groups is 1. The van der Waals surface area contributed by atoms with Gasteiger partial charge in [0.2, 0.25) is 5.91 Å². The number of thioether (sulfide) groups is 1. The Morgan fingerprint density at radius 3 is 2.35 bits per heavy atom. The molecule has 1 saturated carbocycles. The molecule has 1 aromatic carbocycles. The minimum atomic E-state index is 0.0700. The molecule has 1 amide bonds. The van der Waals surface area contributed by atoms with Gasteiger partial charge in [-0.25, -0.2) is 0 Å². The molecule has 0 heterocycles. The van der Waals surface area contributed by atoms with E-state index in [1.165, 1.54) is 10.5 Å². The number of carbonyl (C=O) groups excluding carboxylic acids is 1. The SMILES string of the molecule is CSc1ccc(NC(=O)[C@H]2[C@@H](C=C(C)C)C2(C)C)cc1. The van der Waals surface area contributed by atoms with E-state index >= 15 is 0 Å². The molecule has 0 aromatic heterocycles. The molecule has 1 aliphatic rings. The van der Waals surface area contributed by atoms with Gasteiger partial charge >= 0.3 is 0 Å². The molecule has 2 rings (SSSR count). The highest BCUT2D eigenvalue weighted by molar-refractivity contribution is 7.98. The van der Waals surface area contributed by atoms with Gasteiger partial charge in [-0.1, -0.05) is 25.5 Å². The van der Waals surface area contributed by atoms with Crippen LogP contribution in [0, 0.1) is 17.3 Å². The van der Waals surface area contributed by atoms with Crippen molar-refractivity contribution in [2.45, 2.75) is 32.6 Å². The Bertz CT molecular complexity index is 526. The van der Waals surface area contributed by atoms with Crippen molar-refractivity contribution in [1.29, 1.82) is 0 Å². The molecule has 0 radical (unpaired) electrons. The average Bonchev–Trinajstić information content (AvgIpc) is 2.91. The van der Waals surface area contributed by atoms with Crippen LogP contribution in [0.2, 0.25) is 0 Å². The third-order valence-electron chi connectivity index (χ3n) is 4.06. The van der Waals surface area contributed by atoms with Crippen LogP contribution in [0.1, 0.15) is 27.7 Å². The summed E-state index contributed by atoms with van der Waals surface area (Å²) in [5.74, 6) is 0.574. The summed E-state index contributed by atoms with van der Waals surface area (Å²) >= 11 is 1.70. The third kappa shape index (κ3) is 3.09. The second kappa shape index (κ2) is 5.65. The van der Waals surface area contributed by atoms with E-state index in [-0.39, 0.29) is 17.2 Å². The van der Waals surface area contributed by atoms with Crippen LogP contribution in [-0.4, -0.2) is 12.2 Å². The molecule has 0 saturated heterocycles. The van der Waals surface area contributed by atoms with Crippen molar-refractivity contribution >= 4 is 23.4 Å². The maximum absolute atomic E-state index is 12.4. The summed E-state index contributed by atoms with van der Waals surface area (Å²) in [4.78, 5) is 13.6. The molecular formula is C17H23NOS. The van der Waals surface area contributed by atoms with Crippen molar-refractivity contribution in [2.24, 2.45) is 17.3 Å². The fourth-order valence-electron chi connectivity index (χ4n) is 2.74. The average molecular weight is 289 g/mol. The van der Waals surface area contributed by atoms with E-state index in [2.05, 4.69) is 39.1 Å². The maximum atomic E-state index is 12.4. The predicted molar refractivity (Wildman–Crippen MR) is 87.0 cm³/mol. The summed E-state index contributed by atoms with van der Waals surface area (Å²) in [6, 6.07) is 8.00. The molecular weight excluding hydrogens is 266 g/mol. The van der Waals surface area contributed by atoms with E-state index in [0.29, 0.717) is 5.92 Å². The van der Waals surface area contributed by atoms with Crippen molar-refractivity contribution in [3.63, 3.8) is 0 Å². The zero-order valence-electron chi connectivity index (χ0n) is 12.9. The number of allylic oxidation sites excluding steroid dienone is 2. The Balaban J connectivity index is 2.04. The summed E-state index contributed by atoms with van der Waals surface area (Å²) in [7, 11) is 0. The maximum Gasteiger partial charge on any atom is 0.228 e. The lowest BCUT2D eigenvalue weighted by Crippen LogP contribution is -2.16. The fourth-order valence-corrected chi connectivity index (χ4v) is 3.15. The Morgan fingerprint density at radius 1 is 1.25 bits per heavy atom. The Hall–Kier alpha value is -1.22. The zero-order valence-corrected chi connectivity index (χ0v) is 13.7. The van der Waals surface area contributed by atoms with Crippen LogP contribution in [-0.2, 0) is 4.79 Å². The van der Waals surface area contributed by atoms with Crippen LogP contribution in [0.25, 0.3) is 0 Å². The minimum Gasteiger partial charge on any atom is -0.326 e. The van der Waals surface area contributed by atoms with Crippen LogP contribution in [0.5, 0.6) is 0 Å². The molecule has 2 nitrogen and oxygen atoms in total. The molecule has 0 unspecified atom stereocenters. The Labute approximate surface area is 126 Å². The standard InChI is InChI=1S/C17H23NOS/c1-11(2)10-14-15(17(14,3)4)16(19)18-12-6-8-13(20-5)9-7-12/h6-10,14-15H,1-5H3,(H,18,19)/t14-,15-/m1/s1. The van der Waals surface area contributed by atoms with Gasteiger partial charge in [0.1, 0.15) is 0 Å². The molecule has 2 atom stereocenters. The van der Waals surface area contributed by atoms with Crippen molar-refractivity contribution in [1.82, 2.24) is 0 Å². The van der Waals surface area contributed by atoms with Gasteiger partial charge in [0.05, 0.1) is 5.92 Å². The first-order valence-electron chi connectivity index (χ1n) is 6.96. The van der Waals surface area contributed by atoms with Gasteiger partial charge in [0, 0.05) is 10.6 Å². The van der Waals surface area contributed by atoms with Gasteiger partial charge in [-0.05, 0) is 55.7 Å². The molecule has 20 heavy (non-hydrogen) atoms. The summed E-state index contributed by atoms with van der Waals surface area (Å²) < 4.78 is 0.